The molecule has 0 amide bonds. The first kappa shape index (κ1) is 8.24. The number of hydrogen-bond donors (Lipinski definition) is 0. The van der Waals surface area contributed by atoms with E-state index in [1.807, 2.05) is 36.5 Å². The second-order valence-corrected chi connectivity index (χ2v) is 3.32. The van der Waals surface area contributed by atoms with Gasteiger partial charge in [-0.25, -0.2) is 0 Å². The third kappa shape index (κ3) is 1.31. The van der Waals surface area contributed by atoms with Crippen molar-refractivity contribution in [1.29, 1.82) is 0 Å². The van der Waals surface area contributed by atoms with Gasteiger partial charge in [0.15, 0.2) is 0 Å². The van der Waals surface area contributed by atoms with Crippen molar-refractivity contribution in [3.63, 3.8) is 0 Å². The van der Waals surface area contributed by atoms with Gasteiger partial charge in [-0.15, -0.1) is 0 Å². The molecule has 0 fully saturated rings. The lowest BCUT2D eigenvalue weighted by atomic mass is 10.1. The second kappa shape index (κ2) is 3.24. The summed E-state index contributed by atoms with van der Waals surface area (Å²) < 4.78 is 5.46. The van der Waals surface area contributed by atoms with Crippen molar-refractivity contribution >= 4 is 11.0 Å². The van der Waals surface area contributed by atoms with E-state index in [2.05, 4.69) is 11.1 Å². The summed E-state index contributed by atoms with van der Waals surface area (Å²) in [5, 5.41) is 1.07. The molecule has 0 aliphatic rings. The van der Waals surface area contributed by atoms with Crippen molar-refractivity contribution in [1.82, 2.24) is 4.98 Å². The summed E-state index contributed by atoms with van der Waals surface area (Å²) in [5.74, 6) is 0. The largest absolute Gasteiger partial charge is 0.464 e. The van der Waals surface area contributed by atoms with Crippen LogP contribution in [-0.4, -0.2) is 4.98 Å². The van der Waals surface area contributed by atoms with E-state index in [1.165, 1.54) is 0 Å². The Morgan fingerprint density at radius 3 is 3.07 bits per heavy atom. The Bertz CT molecular complexity index is 584. The molecule has 0 N–H and O–H groups in total. The van der Waals surface area contributed by atoms with E-state index in [0.717, 1.165) is 22.1 Å². The molecule has 2 heterocycles. The maximum absolute atomic E-state index is 5.46. The Labute approximate surface area is 87.2 Å². The van der Waals surface area contributed by atoms with Gasteiger partial charge in [0.25, 0.3) is 0 Å². The minimum Gasteiger partial charge on any atom is -0.464 e. The SMILES string of the molecule is [c]1cc(-c2cccnc2)c2occc2c1. The van der Waals surface area contributed by atoms with Crippen molar-refractivity contribution in [2.45, 2.75) is 0 Å². The maximum atomic E-state index is 5.46. The summed E-state index contributed by atoms with van der Waals surface area (Å²) in [6, 6.07) is 12.8. The van der Waals surface area contributed by atoms with Crippen LogP contribution in [0.3, 0.4) is 0 Å². The number of pyridine rings is 1. The van der Waals surface area contributed by atoms with Gasteiger partial charge in [0.2, 0.25) is 0 Å². The summed E-state index contributed by atoms with van der Waals surface area (Å²) in [6.45, 7) is 0. The Balaban J connectivity index is 2.31. The summed E-state index contributed by atoms with van der Waals surface area (Å²) in [7, 11) is 0. The van der Waals surface area contributed by atoms with Crippen LogP contribution in [0.25, 0.3) is 22.1 Å². The Morgan fingerprint density at radius 2 is 2.20 bits per heavy atom. The van der Waals surface area contributed by atoms with Crippen LogP contribution < -0.4 is 0 Å². The average Bonchev–Trinajstić information content (AvgIpc) is 2.78. The van der Waals surface area contributed by atoms with Gasteiger partial charge in [0.1, 0.15) is 5.58 Å². The van der Waals surface area contributed by atoms with Crippen LogP contribution in [0.4, 0.5) is 0 Å². The topological polar surface area (TPSA) is 26.0 Å². The van der Waals surface area contributed by atoms with Crippen LogP contribution in [0.5, 0.6) is 0 Å². The van der Waals surface area contributed by atoms with Crippen molar-refractivity contribution in [3.8, 4) is 11.1 Å². The first-order chi connectivity index (χ1) is 7.45. The van der Waals surface area contributed by atoms with E-state index in [1.54, 1.807) is 12.5 Å². The first-order valence-corrected chi connectivity index (χ1v) is 4.73. The molecule has 0 bridgehead atoms. The van der Waals surface area contributed by atoms with E-state index < -0.39 is 0 Å². The predicted molar refractivity (Wildman–Crippen MR) is 58.3 cm³/mol. The Hall–Kier alpha value is -2.09. The van der Waals surface area contributed by atoms with Crippen LogP contribution in [0.2, 0.25) is 0 Å². The predicted octanol–water partition coefficient (Wildman–Crippen LogP) is 3.29. The van der Waals surface area contributed by atoms with E-state index >= 15 is 0 Å². The fraction of sp³-hybridized carbons (Fsp3) is 0. The highest BCUT2D eigenvalue weighted by atomic mass is 16.3. The van der Waals surface area contributed by atoms with Crippen LogP contribution >= 0.6 is 0 Å². The van der Waals surface area contributed by atoms with E-state index in [-0.39, 0.29) is 0 Å². The Kier molecular flexibility index (Phi) is 1.78. The number of nitrogens with zero attached hydrogens (tertiary/aromatic N) is 1. The molecule has 15 heavy (non-hydrogen) atoms. The number of fused-ring (bicyclic) bond motifs is 1. The van der Waals surface area contributed by atoms with Gasteiger partial charge in [-0.3, -0.25) is 4.98 Å². The van der Waals surface area contributed by atoms with Gasteiger partial charge in [-0.05, 0) is 30.3 Å². The highest BCUT2D eigenvalue weighted by Gasteiger charge is 2.05. The summed E-state index contributed by atoms with van der Waals surface area (Å²) in [6.07, 6.45) is 5.28. The van der Waals surface area contributed by atoms with Gasteiger partial charge in [0, 0.05) is 28.9 Å². The van der Waals surface area contributed by atoms with Gasteiger partial charge in [0.05, 0.1) is 6.26 Å². The zero-order valence-electron chi connectivity index (χ0n) is 7.97. The average molecular weight is 194 g/mol. The minimum absolute atomic E-state index is 0.891. The zero-order valence-corrected chi connectivity index (χ0v) is 7.97. The quantitative estimate of drug-likeness (QED) is 0.594. The number of furan rings is 1. The standard InChI is InChI=1S/C13H8NO/c1-3-10-6-8-15-13(10)12(5-1)11-4-2-7-14-9-11/h2-9H. The number of aromatic nitrogens is 1. The maximum Gasteiger partial charge on any atom is 0.141 e. The van der Waals surface area contributed by atoms with Crippen molar-refractivity contribution in [3.05, 3.63) is 55.1 Å². The van der Waals surface area contributed by atoms with E-state index in [4.69, 9.17) is 4.42 Å². The van der Waals surface area contributed by atoms with Gasteiger partial charge < -0.3 is 4.42 Å². The molecule has 3 rings (SSSR count). The molecule has 0 unspecified atom stereocenters. The molecule has 1 aromatic carbocycles. The third-order valence-corrected chi connectivity index (χ3v) is 2.38. The molecule has 3 aromatic rings. The first-order valence-electron chi connectivity index (χ1n) is 4.73. The summed E-state index contributed by atoms with van der Waals surface area (Å²) in [4.78, 5) is 4.10. The molecular formula is C13H8NO. The fourth-order valence-electron chi connectivity index (χ4n) is 1.67. The zero-order chi connectivity index (χ0) is 10.1. The summed E-state index contributed by atoms with van der Waals surface area (Å²) >= 11 is 0. The molecule has 1 radical (unpaired) electrons. The van der Waals surface area contributed by atoms with E-state index in [9.17, 15) is 0 Å². The number of benzene rings is 1. The summed E-state index contributed by atoms with van der Waals surface area (Å²) in [5.41, 5.74) is 2.97. The Morgan fingerprint density at radius 1 is 1.20 bits per heavy atom. The molecule has 2 aromatic heterocycles. The lowest BCUT2D eigenvalue weighted by Gasteiger charge is -2.00. The molecular weight excluding hydrogens is 186 g/mol. The van der Waals surface area contributed by atoms with Crippen molar-refractivity contribution < 1.29 is 4.42 Å². The minimum atomic E-state index is 0.891. The highest BCUT2D eigenvalue weighted by Crippen LogP contribution is 2.28. The molecule has 71 valence electrons. The molecule has 0 saturated carbocycles. The van der Waals surface area contributed by atoms with Crippen LogP contribution in [0, 0.1) is 6.07 Å². The van der Waals surface area contributed by atoms with Crippen LogP contribution in [-0.2, 0) is 0 Å². The van der Waals surface area contributed by atoms with Gasteiger partial charge in [-0.1, -0.05) is 6.07 Å². The second-order valence-electron chi connectivity index (χ2n) is 3.32. The molecule has 0 saturated heterocycles. The number of rotatable bonds is 1. The monoisotopic (exact) mass is 194 g/mol. The lowest BCUT2D eigenvalue weighted by molar-refractivity contribution is 0.617. The van der Waals surface area contributed by atoms with Gasteiger partial charge >= 0.3 is 0 Å². The fourth-order valence-corrected chi connectivity index (χ4v) is 1.67. The smallest absolute Gasteiger partial charge is 0.141 e. The number of hydrogen-bond acceptors (Lipinski definition) is 2. The molecule has 0 aliphatic carbocycles. The van der Waals surface area contributed by atoms with Crippen LogP contribution in [0.15, 0.2) is 53.4 Å². The molecule has 0 aliphatic heterocycles. The van der Waals surface area contributed by atoms with Crippen molar-refractivity contribution in [2.75, 3.05) is 0 Å². The molecule has 2 nitrogen and oxygen atoms in total. The normalized spacial score (nSPS) is 10.7. The van der Waals surface area contributed by atoms with Crippen LogP contribution in [0.1, 0.15) is 0 Å². The third-order valence-electron chi connectivity index (χ3n) is 2.38. The molecule has 2 heteroatoms. The van der Waals surface area contributed by atoms with Gasteiger partial charge in [-0.2, -0.15) is 0 Å². The highest BCUT2D eigenvalue weighted by molar-refractivity contribution is 5.91. The molecule has 0 spiro atoms. The molecule has 0 atom stereocenters. The van der Waals surface area contributed by atoms with E-state index in [0.29, 0.717) is 0 Å². The lowest BCUT2D eigenvalue weighted by Crippen LogP contribution is -1.79. The van der Waals surface area contributed by atoms with Crippen molar-refractivity contribution in [2.24, 2.45) is 0 Å².